The lowest BCUT2D eigenvalue weighted by molar-refractivity contribution is 0.0855. The molecule has 4 N–H and O–H groups in total. The highest BCUT2D eigenvalue weighted by atomic mass is 127. The second kappa shape index (κ2) is 23.0. The maximum absolute atomic E-state index is 12.5. The van der Waals surface area contributed by atoms with Gasteiger partial charge in [-0.1, -0.05) is 52.9 Å². The quantitative estimate of drug-likeness (QED) is 0.0358. The number of unbranched alkanes of at least 4 members (excludes halogenated alkanes) is 1. The van der Waals surface area contributed by atoms with Gasteiger partial charge >= 0.3 is 6.03 Å². The van der Waals surface area contributed by atoms with E-state index < -0.39 is 0 Å². The SMILES string of the molecule is Nc1cc(C(=O)NCC2CCCO2)ccc1CCCCc1ccccn1.O=C(CCC1CCCO1)c1ccc2c(c1)NC(=O)N(CCc1ccccn1)C2.[2H]CI. The number of pyridine rings is 2. The maximum atomic E-state index is 12.5. The van der Waals surface area contributed by atoms with Crippen molar-refractivity contribution < 1.29 is 25.2 Å². The van der Waals surface area contributed by atoms with Gasteiger partial charge in [-0.05, 0) is 116 Å². The van der Waals surface area contributed by atoms with Gasteiger partial charge in [-0.15, -0.1) is 0 Å². The summed E-state index contributed by atoms with van der Waals surface area (Å²) in [5, 5.41) is 5.86. The molecule has 11 nitrogen and oxygen atoms in total. The largest absolute Gasteiger partial charge is 0.398 e. The van der Waals surface area contributed by atoms with Crippen molar-refractivity contribution in [3.63, 3.8) is 0 Å². The molecule has 2 aromatic heterocycles. The van der Waals surface area contributed by atoms with E-state index in [0.717, 1.165) is 99.2 Å². The number of alkyl halides is 1. The highest BCUT2D eigenvalue weighted by molar-refractivity contribution is 14.1. The molecule has 3 amide bonds. The molecule has 3 aliphatic heterocycles. The highest BCUT2D eigenvalue weighted by Crippen LogP contribution is 2.26. The number of ether oxygens (including phenoxy) is 2. The van der Waals surface area contributed by atoms with Crippen LogP contribution in [0.3, 0.4) is 0 Å². The number of aromatic nitrogens is 2. The van der Waals surface area contributed by atoms with Gasteiger partial charge in [0.2, 0.25) is 0 Å². The number of ketones is 1. The average molecular weight is 876 g/mol. The summed E-state index contributed by atoms with van der Waals surface area (Å²) in [7, 11) is 0. The molecule has 0 saturated carbocycles. The van der Waals surface area contributed by atoms with Crippen LogP contribution in [0.2, 0.25) is 0 Å². The van der Waals surface area contributed by atoms with E-state index in [4.69, 9.17) is 16.6 Å². The van der Waals surface area contributed by atoms with Crippen molar-refractivity contribution in [1.82, 2.24) is 20.2 Å². The van der Waals surface area contributed by atoms with Crippen LogP contribution in [0.5, 0.6) is 0 Å². The van der Waals surface area contributed by atoms with Crippen molar-refractivity contribution in [3.8, 4) is 0 Å². The number of hydrogen-bond acceptors (Lipinski definition) is 8. The van der Waals surface area contributed by atoms with Gasteiger partial charge in [-0.2, -0.15) is 0 Å². The fourth-order valence-corrected chi connectivity index (χ4v) is 7.01. The number of rotatable bonds is 15. The Labute approximate surface area is 346 Å². The highest BCUT2D eigenvalue weighted by Gasteiger charge is 2.24. The third-order valence-corrected chi connectivity index (χ3v) is 10.2. The van der Waals surface area contributed by atoms with Gasteiger partial charge in [0.1, 0.15) is 0 Å². The summed E-state index contributed by atoms with van der Waals surface area (Å²) in [4.78, 5) is 48.1. The topological polar surface area (TPSA) is 149 Å². The Morgan fingerprint density at radius 3 is 2.25 bits per heavy atom. The van der Waals surface area contributed by atoms with E-state index in [2.05, 4.69) is 26.7 Å². The fourth-order valence-electron chi connectivity index (χ4n) is 7.01. The van der Waals surface area contributed by atoms with E-state index >= 15 is 0 Å². The first-order chi connectivity index (χ1) is 27.8. The first kappa shape index (κ1) is 41.2. The predicted molar refractivity (Wildman–Crippen MR) is 229 cm³/mol. The van der Waals surface area contributed by atoms with E-state index in [0.29, 0.717) is 54.2 Å². The predicted octanol–water partition coefficient (Wildman–Crippen LogP) is 8.00. The first-order valence-electron chi connectivity index (χ1n) is 20.3. The molecular formula is C44H55IN6O5. The molecule has 56 heavy (non-hydrogen) atoms. The fraction of sp³-hybridized carbons (Fsp3) is 0.432. The van der Waals surface area contributed by atoms with Crippen LogP contribution >= 0.6 is 22.6 Å². The summed E-state index contributed by atoms with van der Waals surface area (Å²) in [5.41, 5.74) is 13.1. The van der Waals surface area contributed by atoms with E-state index in [-0.39, 0.29) is 29.9 Å². The minimum absolute atomic E-state index is 0.0890. The molecule has 4 aromatic rings. The summed E-state index contributed by atoms with van der Waals surface area (Å²) in [6, 6.07) is 22.9. The number of benzene rings is 2. The molecule has 5 heterocycles. The van der Waals surface area contributed by atoms with Crippen LogP contribution in [-0.2, 0) is 35.3 Å². The number of carbonyl (C=O) groups is 3. The van der Waals surface area contributed by atoms with Gasteiger partial charge in [0.25, 0.3) is 5.91 Å². The molecule has 12 heteroatoms. The van der Waals surface area contributed by atoms with Gasteiger partial charge in [-0.3, -0.25) is 19.6 Å². The van der Waals surface area contributed by atoms with Gasteiger partial charge in [0.15, 0.2) is 5.78 Å². The number of nitrogen functional groups attached to an aromatic ring is 1. The van der Waals surface area contributed by atoms with Crippen LogP contribution in [0, 0.1) is 0 Å². The van der Waals surface area contributed by atoms with Crippen LogP contribution in [-0.4, -0.2) is 76.0 Å². The lowest BCUT2D eigenvalue weighted by atomic mass is 10.00. The second-order valence-corrected chi connectivity index (χ2v) is 14.2. The molecule has 7 rings (SSSR count). The number of nitrogens with one attached hydrogen (secondary N) is 2. The lowest BCUT2D eigenvalue weighted by Gasteiger charge is -2.29. The number of halogens is 1. The number of carbonyl (C=O) groups excluding carboxylic acids is 3. The second-order valence-electron chi connectivity index (χ2n) is 14.2. The Balaban J connectivity index is 0.000000204. The minimum atomic E-state index is -0.132. The smallest absolute Gasteiger partial charge is 0.322 e. The third-order valence-electron chi connectivity index (χ3n) is 10.2. The zero-order valence-corrected chi connectivity index (χ0v) is 34.3. The molecule has 0 radical (unpaired) electrons. The summed E-state index contributed by atoms with van der Waals surface area (Å²) >= 11 is 1.96. The van der Waals surface area contributed by atoms with E-state index in [9.17, 15) is 14.4 Å². The van der Waals surface area contributed by atoms with E-state index in [1.54, 1.807) is 23.2 Å². The number of amides is 3. The lowest BCUT2D eigenvalue weighted by Crippen LogP contribution is -2.39. The first-order valence-corrected chi connectivity index (χ1v) is 21.1. The molecule has 2 fully saturated rings. The van der Waals surface area contributed by atoms with Gasteiger partial charge in [0, 0.05) is 93.3 Å². The van der Waals surface area contributed by atoms with Crippen molar-refractivity contribution in [2.24, 2.45) is 0 Å². The Morgan fingerprint density at radius 1 is 0.911 bits per heavy atom. The van der Waals surface area contributed by atoms with Crippen molar-refractivity contribution in [1.29, 1.82) is 0 Å². The summed E-state index contributed by atoms with van der Waals surface area (Å²) in [6.45, 7) is 3.31. The number of anilines is 2. The minimum Gasteiger partial charge on any atom is -0.398 e. The number of hydrogen-bond donors (Lipinski definition) is 3. The van der Waals surface area contributed by atoms with Gasteiger partial charge in [0.05, 0.1) is 12.2 Å². The monoisotopic (exact) mass is 875 g/mol. The molecule has 2 unspecified atom stereocenters. The molecular weight excluding hydrogens is 819 g/mol. The number of nitrogens with two attached hydrogens (primary N) is 1. The van der Waals surface area contributed by atoms with Crippen LogP contribution in [0.1, 0.15) is 96.0 Å². The molecule has 298 valence electrons. The standard InChI is InChI=1S/C22H25N3O3.C21H27N3O2.CH3I/c26-21(9-8-19-5-3-13-28-19)16-6-7-17-15-25(22(27)24-20(17)14-16)12-10-18-4-1-2-11-23-18;22-20-14-17(21(25)24-15-19-9-5-13-26-19)11-10-16(20)6-1-2-7-18-8-3-4-12-23-18;1-2/h1-2,4,6-7,11,14,19H,3,5,8-10,12-13,15H2,(H,24,27);3-4,8,10-12,14,19H,1-2,5-7,9,13,15,22H2,(H,24,25);1H3/i;;1D. The molecule has 3 aliphatic rings. The van der Waals surface area contributed by atoms with Crippen LogP contribution in [0.25, 0.3) is 0 Å². The number of fused-ring (bicyclic) bond motifs is 1. The average Bonchev–Trinajstić information content (AvgIpc) is 3.97. The van der Waals surface area contributed by atoms with Gasteiger partial charge < -0.3 is 30.7 Å². The molecule has 2 atom stereocenters. The number of nitrogens with zero attached hydrogens (tertiary/aromatic N) is 3. The maximum Gasteiger partial charge on any atom is 0.322 e. The van der Waals surface area contributed by atoms with Crippen LogP contribution < -0.4 is 16.4 Å². The summed E-state index contributed by atoms with van der Waals surface area (Å²) in [6.07, 6.45) is 14.1. The van der Waals surface area contributed by atoms with Crippen molar-refractivity contribution >= 4 is 51.7 Å². The number of urea groups is 1. The molecule has 0 bridgehead atoms. The van der Waals surface area contributed by atoms with Gasteiger partial charge in [-0.25, -0.2) is 4.79 Å². The Kier molecular flexibility index (Phi) is 16.9. The van der Waals surface area contributed by atoms with Crippen molar-refractivity contribution in [3.05, 3.63) is 119 Å². The van der Waals surface area contributed by atoms with Crippen LogP contribution in [0.15, 0.2) is 85.2 Å². The Hall–Kier alpha value is -4.40. The van der Waals surface area contributed by atoms with Crippen molar-refractivity contribution in [2.75, 3.05) is 42.3 Å². The molecule has 2 saturated heterocycles. The summed E-state index contributed by atoms with van der Waals surface area (Å²) in [5.74, 6) is 0.0130. The summed E-state index contributed by atoms with van der Waals surface area (Å²) < 4.78 is 17.3. The van der Waals surface area contributed by atoms with Crippen molar-refractivity contribution in [2.45, 2.75) is 89.4 Å². The molecule has 0 aliphatic carbocycles. The van der Waals surface area contributed by atoms with Crippen LogP contribution in [0.4, 0.5) is 16.2 Å². The Bertz CT molecular complexity index is 1860. The van der Waals surface area contributed by atoms with E-state index in [1.165, 1.54) is 0 Å². The molecule has 2 aromatic carbocycles. The normalized spacial score (nSPS) is 17.3. The Morgan fingerprint density at radius 2 is 1.59 bits per heavy atom. The zero-order valence-electron chi connectivity index (χ0n) is 33.1. The zero-order chi connectivity index (χ0) is 40.2. The third kappa shape index (κ3) is 13.4. The van der Waals surface area contributed by atoms with E-state index in [1.807, 2.05) is 83.4 Å². The number of Topliss-reactive ketones (excluding diaryl/α,β-unsaturated/α-hetero) is 1. The molecule has 0 spiro atoms. The number of aryl methyl sites for hydroxylation is 2.